The van der Waals surface area contributed by atoms with Gasteiger partial charge in [0.2, 0.25) is 0 Å². The maximum atomic E-state index is 9.53. The molecule has 1 N–H and O–H groups in total. The van der Waals surface area contributed by atoms with Gasteiger partial charge >= 0.3 is 0 Å². The molecular weight excluding hydrogens is 306 g/mol. The molecule has 2 nitrogen and oxygen atoms in total. The first-order valence-electron chi connectivity index (χ1n) is 9.97. The van der Waals surface area contributed by atoms with Gasteiger partial charge in [-0.3, -0.25) is 0 Å². The molecule has 0 amide bonds. The number of hydrogen-bond acceptors (Lipinski definition) is 1. The Morgan fingerprint density at radius 1 is 0.960 bits per heavy atom. The topological polar surface area (TPSA) is 25.2 Å². The molecule has 0 unspecified atom stereocenters. The fourth-order valence-corrected chi connectivity index (χ4v) is 6.81. The van der Waals surface area contributed by atoms with Gasteiger partial charge in [-0.05, 0) is 105 Å². The first kappa shape index (κ1) is 15.7. The van der Waals surface area contributed by atoms with Crippen LogP contribution < -0.4 is 0 Å². The van der Waals surface area contributed by atoms with E-state index in [4.69, 9.17) is 0 Å². The van der Waals surface area contributed by atoms with Crippen LogP contribution in [0.1, 0.15) is 61.0 Å². The molecule has 4 aliphatic rings. The summed E-state index contributed by atoms with van der Waals surface area (Å²) < 4.78 is 2.27. The number of hydrogen-bond donors (Lipinski definition) is 1. The highest BCUT2D eigenvalue weighted by atomic mass is 16.3. The van der Waals surface area contributed by atoms with Crippen molar-refractivity contribution in [3.63, 3.8) is 0 Å². The monoisotopic (exact) mass is 335 g/mol. The molecule has 2 heteroatoms. The fraction of sp³-hybridized carbons (Fsp3) is 0.565. The van der Waals surface area contributed by atoms with Crippen LogP contribution in [0.2, 0.25) is 0 Å². The van der Waals surface area contributed by atoms with Gasteiger partial charge in [-0.15, -0.1) is 0 Å². The summed E-state index contributed by atoms with van der Waals surface area (Å²) in [5.41, 5.74) is 6.67. The van der Waals surface area contributed by atoms with E-state index >= 15 is 0 Å². The second-order valence-electron chi connectivity index (χ2n) is 9.13. The number of aliphatic hydroxyl groups is 1. The number of aliphatic hydroxyl groups excluding tert-OH is 1. The number of aromatic nitrogens is 1. The van der Waals surface area contributed by atoms with Crippen molar-refractivity contribution in [1.29, 1.82) is 0 Å². The lowest BCUT2D eigenvalue weighted by atomic mass is 9.48. The van der Waals surface area contributed by atoms with Crippen LogP contribution in [0.3, 0.4) is 0 Å². The normalized spacial score (nSPS) is 33.2. The predicted molar refractivity (Wildman–Crippen MR) is 101 cm³/mol. The van der Waals surface area contributed by atoms with Gasteiger partial charge < -0.3 is 9.67 Å². The molecule has 0 atom stereocenters. The maximum absolute atomic E-state index is 9.53. The molecule has 6 rings (SSSR count). The second-order valence-corrected chi connectivity index (χ2v) is 9.13. The average molecular weight is 335 g/mol. The van der Waals surface area contributed by atoms with Crippen molar-refractivity contribution >= 4 is 0 Å². The Labute approximate surface area is 150 Å². The lowest BCUT2D eigenvalue weighted by Gasteiger charge is -2.57. The molecule has 2 aromatic rings. The minimum atomic E-state index is 0.116. The Balaban J connectivity index is 1.49. The summed E-state index contributed by atoms with van der Waals surface area (Å²) in [7, 11) is 0. The van der Waals surface area contributed by atoms with Crippen LogP contribution in [0.5, 0.6) is 0 Å². The van der Waals surface area contributed by atoms with Crippen LogP contribution in [-0.2, 0) is 12.0 Å². The maximum Gasteiger partial charge on any atom is 0.0699 e. The van der Waals surface area contributed by atoms with Crippen molar-refractivity contribution in [2.45, 2.75) is 64.4 Å². The third kappa shape index (κ3) is 2.33. The molecule has 0 saturated heterocycles. The zero-order chi connectivity index (χ0) is 17.2. The minimum absolute atomic E-state index is 0.116. The molecule has 1 aromatic carbocycles. The van der Waals surface area contributed by atoms with Crippen molar-refractivity contribution in [1.82, 2.24) is 4.57 Å². The highest BCUT2D eigenvalue weighted by Gasteiger charge is 2.51. The van der Waals surface area contributed by atoms with Crippen LogP contribution in [-0.4, -0.2) is 9.67 Å². The molecule has 4 fully saturated rings. The number of aryl methyl sites for hydroxylation is 1. The van der Waals surface area contributed by atoms with E-state index in [1.54, 1.807) is 5.56 Å². The lowest BCUT2D eigenvalue weighted by Crippen LogP contribution is -2.48. The summed E-state index contributed by atoms with van der Waals surface area (Å²) in [5, 5.41) is 9.53. The van der Waals surface area contributed by atoms with E-state index in [9.17, 15) is 5.11 Å². The first-order valence-corrected chi connectivity index (χ1v) is 9.97. The molecule has 0 spiro atoms. The summed E-state index contributed by atoms with van der Waals surface area (Å²) in [4.78, 5) is 0. The quantitative estimate of drug-likeness (QED) is 0.834. The molecule has 132 valence electrons. The SMILES string of the molecule is Cc1cc(CO)c(C)n1-c1ccc(C23CC4CC(CC(C4)C2)C3)cc1. The van der Waals surface area contributed by atoms with E-state index in [0.717, 1.165) is 29.0 Å². The third-order valence-electron chi connectivity index (χ3n) is 7.48. The van der Waals surface area contributed by atoms with Crippen LogP contribution in [0.15, 0.2) is 30.3 Å². The standard InChI is InChI=1S/C23H29NO/c1-15-7-20(14-25)16(2)24(15)22-5-3-21(4-6-22)23-11-17-8-18(12-23)10-19(9-17)13-23/h3-7,17-19,25H,8-14H2,1-2H3. The smallest absolute Gasteiger partial charge is 0.0699 e. The number of nitrogens with zero attached hydrogens (tertiary/aromatic N) is 1. The zero-order valence-corrected chi connectivity index (χ0v) is 15.5. The minimum Gasteiger partial charge on any atom is -0.392 e. The molecule has 4 bridgehead atoms. The number of rotatable bonds is 3. The van der Waals surface area contributed by atoms with Crippen molar-refractivity contribution in [2.75, 3.05) is 0 Å². The molecule has 25 heavy (non-hydrogen) atoms. The Hall–Kier alpha value is -1.54. The molecule has 0 aliphatic heterocycles. The van der Waals surface area contributed by atoms with E-state index in [-0.39, 0.29) is 6.61 Å². The van der Waals surface area contributed by atoms with Gasteiger partial charge in [-0.25, -0.2) is 0 Å². The van der Waals surface area contributed by atoms with E-state index in [2.05, 4.69) is 48.7 Å². The average Bonchev–Trinajstić information content (AvgIpc) is 2.87. The van der Waals surface area contributed by atoms with Crippen LogP contribution in [0.25, 0.3) is 5.69 Å². The van der Waals surface area contributed by atoms with Gasteiger partial charge in [0.05, 0.1) is 6.61 Å². The summed E-state index contributed by atoms with van der Waals surface area (Å²) in [6.07, 6.45) is 8.78. The Bertz CT molecular complexity index is 763. The van der Waals surface area contributed by atoms with E-state index in [0.29, 0.717) is 5.41 Å². The van der Waals surface area contributed by atoms with Crippen molar-refractivity contribution in [3.05, 3.63) is 52.8 Å². The highest BCUT2D eigenvalue weighted by molar-refractivity contribution is 5.44. The summed E-state index contributed by atoms with van der Waals surface area (Å²) in [6.45, 7) is 4.34. The summed E-state index contributed by atoms with van der Waals surface area (Å²) >= 11 is 0. The van der Waals surface area contributed by atoms with Crippen molar-refractivity contribution in [2.24, 2.45) is 17.8 Å². The van der Waals surface area contributed by atoms with Gasteiger partial charge in [0, 0.05) is 17.1 Å². The van der Waals surface area contributed by atoms with Crippen molar-refractivity contribution < 1.29 is 5.11 Å². The van der Waals surface area contributed by atoms with E-state index < -0.39 is 0 Å². The summed E-state index contributed by atoms with van der Waals surface area (Å²) in [5.74, 6) is 2.98. The van der Waals surface area contributed by atoms with Gasteiger partial charge in [0.15, 0.2) is 0 Å². The molecule has 1 aromatic heterocycles. The van der Waals surface area contributed by atoms with Gasteiger partial charge in [0.25, 0.3) is 0 Å². The molecule has 4 saturated carbocycles. The summed E-state index contributed by atoms with van der Waals surface area (Å²) in [6, 6.07) is 11.5. The van der Waals surface area contributed by atoms with Crippen LogP contribution >= 0.6 is 0 Å². The Morgan fingerprint density at radius 2 is 1.52 bits per heavy atom. The fourth-order valence-electron chi connectivity index (χ4n) is 6.81. The van der Waals surface area contributed by atoms with Gasteiger partial charge in [0.1, 0.15) is 0 Å². The second kappa shape index (κ2) is 5.48. The third-order valence-corrected chi connectivity index (χ3v) is 7.48. The highest BCUT2D eigenvalue weighted by Crippen LogP contribution is 2.60. The predicted octanol–water partition coefficient (Wildman–Crippen LogP) is 5.05. The lowest BCUT2D eigenvalue weighted by molar-refractivity contribution is -0.00518. The van der Waals surface area contributed by atoms with Crippen molar-refractivity contribution in [3.8, 4) is 5.69 Å². The number of benzene rings is 1. The largest absolute Gasteiger partial charge is 0.392 e. The Kier molecular flexibility index (Phi) is 3.44. The van der Waals surface area contributed by atoms with E-state index in [1.165, 1.54) is 49.9 Å². The zero-order valence-electron chi connectivity index (χ0n) is 15.5. The molecule has 0 radical (unpaired) electrons. The van der Waals surface area contributed by atoms with Gasteiger partial charge in [-0.2, -0.15) is 0 Å². The van der Waals surface area contributed by atoms with Gasteiger partial charge in [-0.1, -0.05) is 12.1 Å². The molecule has 4 aliphatic carbocycles. The van der Waals surface area contributed by atoms with E-state index in [1.807, 2.05) is 0 Å². The molecule has 1 heterocycles. The van der Waals surface area contributed by atoms with Crippen LogP contribution in [0.4, 0.5) is 0 Å². The Morgan fingerprint density at radius 3 is 2.00 bits per heavy atom. The van der Waals surface area contributed by atoms with Crippen LogP contribution in [0, 0.1) is 31.6 Å². The molecular formula is C23H29NO. The first-order chi connectivity index (χ1) is 12.1.